The van der Waals surface area contributed by atoms with Crippen LogP contribution in [0.1, 0.15) is 44.9 Å². The molecule has 0 spiro atoms. The van der Waals surface area contributed by atoms with Crippen LogP contribution < -0.4 is 0 Å². The molecular weight excluding hydrogens is 200 g/mol. The molecule has 0 aromatic carbocycles. The predicted octanol–water partition coefficient (Wildman–Crippen LogP) is 3.79. The average Bonchev–Trinajstić information content (AvgIpc) is 2.66. The molecule has 0 nitrogen and oxygen atoms in total. The highest BCUT2D eigenvalue weighted by Crippen LogP contribution is 2.77. The maximum Gasteiger partial charge on any atom is -0.00798 e. The normalized spacial score (nSPS) is 56.7. The van der Waals surface area contributed by atoms with Gasteiger partial charge in [0.05, 0.1) is 0 Å². The third kappa shape index (κ3) is 1.22. The van der Waals surface area contributed by atoms with E-state index in [9.17, 15) is 0 Å². The Bertz CT molecular complexity index is 263. The molecule has 2 unspecified atom stereocenters. The Hall–Kier alpha value is 0.350. The summed E-state index contributed by atoms with van der Waals surface area (Å²) in [7, 11) is -0.00905. The Morgan fingerprint density at radius 2 is 1.73 bits per heavy atom. The molecule has 3 heterocycles. The summed E-state index contributed by atoms with van der Waals surface area (Å²) < 4.78 is 0. The van der Waals surface area contributed by atoms with Crippen LogP contribution in [-0.4, -0.2) is 22.5 Å². The molecule has 3 saturated heterocycles. The van der Waals surface area contributed by atoms with Gasteiger partial charge in [-0.25, -0.2) is 10.0 Å². The van der Waals surface area contributed by atoms with Crippen molar-refractivity contribution in [3.05, 3.63) is 0 Å². The van der Waals surface area contributed by atoms with Crippen LogP contribution in [0, 0.1) is 17.8 Å². The Labute approximate surface area is 95.5 Å². The van der Waals surface area contributed by atoms with Crippen molar-refractivity contribution in [2.75, 3.05) is 17.3 Å². The number of rotatable bonds is 3. The van der Waals surface area contributed by atoms with Gasteiger partial charge in [-0.05, 0) is 59.5 Å². The standard InChI is InChI=1S/C14H24S/c1-3-11(4-1)7-8-15-9-12(10-15)13-5-2-6-14(13)15/h11-14H,1-10H2. The molecular formula is C14H24S. The van der Waals surface area contributed by atoms with Gasteiger partial charge in [0.25, 0.3) is 0 Å². The highest BCUT2D eigenvalue weighted by Gasteiger charge is 2.59. The Kier molecular flexibility index (Phi) is 1.99. The van der Waals surface area contributed by atoms with E-state index in [1.807, 2.05) is 0 Å². The predicted molar refractivity (Wildman–Crippen MR) is 68.8 cm³/mol. The van der Waals surface area contributed by atoms with Crippen molar-refractivity contribution in [3.63, 3.8) is 0 Å². The summed E-state index contributed by atoms with van der Waals surface area (Å²) in [6, 6.07) is 0. The lowest BCUT2D eigenvalue weighted by Gasteiger charge is -2.49. The first kappa shape index (κ1) is 9.39. The van der Waals surface area contributed by atoms with Gasteiger partial charge in [-0.3, -0.25) is 0 Å². The largest absolute Gasteiger partial charge is 0.237 e. The molecule has 2 atom stereocenters. The molecule has 0 amide bonds. The second-order valence-corrected chi connectivity index (χ2v) is 10.5. The molecule has 5 fully saturated rings. The summed E-state index contributed by atoms with van der Waals surface area (Å²) in [6.07, 6.45) is 11.2. The zero-order valence-electron chi connectivity index (χ0n) is 9.79. The molecule has 0 N–H and O–H groups in total. The van der Waals surface area contributed by atoms with Gasteiger partial charge in [-0.15, -0.1) is 0 Å². The molecule has 2 saturated carbocycles. The quantitative estimate of drug-likeness (QED) is 0.684. The summed E-state index contributed by atoms with van der Waals surface area (Å²) in [5.41, 5.74) is 0. The first-order chi connectivity index (χ1) is 7.37. The van der Waals surface area contributed by atoms with E-state index in [0.29, 0.717) is 0 Å². The zero-order valence-corrected chi connectivity index (χ0v) is 10.6. The van der Waals surface area contributed by atoms with E-state index in [-0.39, 0.29) is 10.0 Å². The summed E-state index contributed by atoms with van der Waals surface area (Å²) in [5.74, 6) is 8.81. The van der Waals surface area contributed by atoms with Crippen LogP contribution in [0.5, 0.6) is 0 Å². The van der Waals surface area contributed by atoms with Crippen LogP contribution in [0.4, 0.5) is 0 Å². The smallest absolute Gasteiger partial charge is 0.00798 e. The highest BCUT2D eigenvalue weighted by atomic mass is 32.3. The summed E-state index contributed by atoms with van der Waals surface area (Å²) in [6.45, 7) is 0. The summed E-state index contributed by atoms with van der Waals surface area (Å²) in [4.78, 5) is 0. The van der Waals surface area contributed by atoms with E-state index in [0.717, 1.165) is 0 Å². The van der Waals surface area contributed by atoms with Crippen LogP contribution in [0.25, 0.3) is 0 Å². The molecule has 0 aromatic heterocycles. The molecule has 86 valence electrons. The van der Waals surface area contributed by atoms with Crippen molar-refractivity contribution in [3.8, 4) is 0 Å². The molecule has 3 aliphatic heterocycles. The second kappa shape index (κ2) is 3.18. The lowest BCUT2D eigenvalue weighted by molar-refractivity contribution is 0.308. The lowest BCUT2D eigenvalue weighted by Crippen LogP contribution is -2.31. The van der Waals surface area contributed by atoms with Gasteiger partial charge in [0.15, 0.2) is 0 Å². The molecule has 0 radical (unpaired) electrons. The minimum Gasteiger partial charge on any atom is -0.237 e. The first-order valence-electron chi connectivity index (χ1n) is 7.13. The lowest BCUT2D eigenvalue weighted by atomic mass is 9.84. The monoisotopic (exact) mass is 224 g/mol. The average molecular weight is 224 g/mol. The van der Waals surface area contributed by atoms with E-state index in [2.05, 4.69) is 0 Å². The molecule has 5 aliphatic rings. The fourth-order valence-corrected chi connectivity index (χ4v) is 10.7. The van der Waals surface area contributed by atoms with Gasteiger partial charge < -0.3 is 0 Å². The zero-order chi connectivity index (χ0) is 9.88. The third-order valence-electron chi connectivity index (χ3n) is 6.00. The van der Waals surface area contributed by atoms with Crippen LogP contribution >= 0.6 is 10.0 Å². The van der Waals surface area contributed by atoms with Crippen molar-refractivity contribution >= 4 is 10.0 Å². The van der Waals surface area contributed by atoms with E-state index in [4.69, 9.17) is 0 Å². The molecule has 15 heavy (non-hydrogen) atoms. The maximum atomic E-state index is 1.73. The Morgan fingerprint density at radius 3 is 2.47 bits per heavy atom. The van der Waals surface area contributed by atoms with E-state index in [1.165, 1.54) is 23.0 Å². The van der Waals surface area contributed by atoms with Crippen molar-refractivity contribution in [2.45, 2.75) is 50.2 Å². The molecule has 5 rings (SSSR count). The van der Waals surface area contributed by atoms with Gasteiger partial charge in [0.1, 0.15) is 0 Å². The van der Waals surface area contributed by atoms with Crippen LogP contribution in [0.15, 0.2) is 0 Å². The fraction of sp³-hybridized carbons (Fsp3) is 1.00. The molecule has 2 bridgehead atoms. The molecule has 0 aromatic rings. The third-order valence-corrected chi connectivity index (χ3v) is 11.1. The number of hydrogen-bond donors (Lipinski definition) is 0. The van der Waals surface area contributed by atoms with Crippen molar-refractivity contribution in [1.82, 2.24) is 0 Å². The van der Waals surface area contributed by atoms with Gasteiger partial charge >= 0.3 is 0 Å². The Balaban J connectivity index is 1.43. The minimum absolute atomic E-state index is 0.00905. The minimum atomic E-state index is -0.00905. The topological polar surface area (TPSA) is 0 Å². The van der Waals surface area contributed by atoms with Crippen molar-refractivity contribution in [1.29, 1.82) is 0 Å². The van der Waals surface area contributed by atoms with Gasteiger partial charge in [0.2, 0.25) is 0 Å². The van der Waals surface area contributed by atoms with E-state index < -0.39 is 0 Å². The van der Waals surface area contributed by atoms with E-state index >= 15 is 0 Å². The summed E-state index contributed by atoms with van der Waals surface area (Å²) >= 11 is 0. The molecule has 1 heteroatoms. The first-order valence-corrected chi connectivity index (χ1v) is 9.33. The second-order valence-electron chi connectivity index (χ2n) is 6.63. The van der Waals surface area contributed by atoms with Crippen molar-refractivity contribution < 1.29 is 0 Å². The van der Waals surface area contributed by atoms with Gasteiger partial charge in [0, 0.05) is 0 Å². The van der Waals surface area contributed by atoms with Crippen LogP contribution in [0.2, 0.25) is 0 Å². The van der Waals surface area contributed by atoms with Gasteiger partial charge in [-0.2, -0.15) is 0 Å². The SMILES string of the molecule is C1CC(CCS23CC(C2)C2CCCC23)C1. The maximum absolute atomic E-state index is 1.73. The van der Waals surface area contributed by atoms with Crippen LogP contribution in [0.3, 0.4) is 0 Å². The summed E-state index contributed by atoms with van der Waals surface area (Å²) in [5, 5.41) is 1.28. The molecule has 2 aliphatic carbocycles. The fourth-order valence-electron chi connectivity index (χ4n) is 4.91. The van der Waals surface area contributed by atoms with Crippen molar-refractivity contribution in [2.24, 2.45) is 17.8 Å². The van der Waals surface area contributed by atoms with Crippen LogP contribution in [-0.2, 0) is 0 Å². The Morgan fingerprint density at radius 1 is 0.933 bits per heavy atom. The highest BCUT2D eigenvalue weighted by molar-refractivity contribution is 8.35. The number of hydrogen-bond acceptors (Lipinski definition) is 0. The van der Waals surface area contributed by atoms with Gasteiger partial charge in [-0.1, -0.05) is 25.7 Å². The van der Waals surface area contributed by atoms with E-state index in [1.54, 1.807) is 62.2 Å².